The Bertz CT molecular complexity index is 697. The standard InChI is InChI=1S/C16H21N3OS/c1-6-9-19(16(3,4)5)15(20)13-12(17)11-10(2)7-8-18-14(11)21-13/h6-8H,1,9,17H2,2-5H3. The summed E-state index contributed by atoms with van der Waals surface area (Å²) >= 11 is 1.35. The fourth-order valence-corrected chi connectivity index (χ4v) is 3.36. The number of carbonyl (C=O) groups excluding carboxylic acids is 1. The maximum absolute atomic E-state index is 12.9. The maximum atomic E-state index is 12.9. The molecule has 2 aromatic rings. The van der Waals surface area contributed by atoms with E-state index in [1.807, 2.05) is 33.8 Å². The Morgan fingerprint density at radius 1 is 1.52 bits per heavy atom. The average Bonchev–Trinajstić information content (AvgIpc) is 2.73. The second-order valence-electron chi connectivity index (χ2n) is 6.03. The third-order valence-electron chi connectivity index (χ3n) is 3.40. The highest BCUT2D eigenvalue weighted by atomic mass is 32.1. The highest BCUT2D eigenvalue weighted by Crippen LogP contribution is 2.35. The number of hydrogen-bond acceptors (Lipinski definition) is 4. The number of nitrogens with two attached hydrogens (primary N) is 1. The monoisotopic (exact) mass is 303 g/mol. The Morgan fingerprint density at radius 3 is 2.71 bits per heavy atom. The van der Waals surface area contributed by atoms with Crippen LogP contribution in [0.4, 0.5) is 5.69 Å². The van der Waals surface area contributed by atoms with Gasteiger partial charge in [-0.25, -0.2) is 4.98 Å². The van der Waals surface area contributed by atoms with Gasteiger partial charge in [0.15, 0.2) is 0 Å². The normalized spacial score (nSPS) is 11.6. The predicted molar refractivity (Wildman–Crippen MR) is 89.8 cm³/mol. The second kappa shape index (κ2) is 5.48. The first kappa shape index (κ1) is 15.5. The molecule has 0 saturated carbocycles. The van der Waals surface area contributed by atoms with Crippen molar-refractivity contribution < 1.29 is 4.79 Å². The Labute approximate surface area is 129 Å². The van der Waals surface area contributed by atoms with Crippen molar-refractivity contribution in [2.24, 2.45) is 0 Å². The Balaban J connectivity index is 2.55. The summed E-state index contributed by atoms with van der Waals surface area (Å²) < 4.78 is 0. The van der Waals surface area contributed by atoms with Crippen molar-refractivity contribution in [3.8, 4) is 0 Å². The van der Waals surface area contributed by atoms with E-state index in [0.717, 1.165) is 15.8 Å². The molecule has 0 unspecified atom stereocenters. The topological polar surface area (TPSA) is 59.2 Å². The minimum absolute atomic E-state index is 0.0673. The molecule has 0 aliphatic heterocycles. The molecule has 0 bridgehead atoms. The van der Waals surface area contributed by atoms with Gasteiger partial charge in [-0.15, -0.1) is 17.9 Å². The number of aromatic nitrogens is 1. The summed E-state index contributed by atoms with van der Waals surface area (Å²) in [6.07, 6.45) is 3.48. The molecule has 2 N–H and O–H groups in total. The van der Waals surface area contributed by atoms with Gasteiger partial charge in [0.2, 0.25) is 0 Å². The first-order valence-corrected chi connectivity index (χ1v) is 7.65. The lowest BCUT2D eigenvalue weighted by Gasteiger charge is -2.34. The van der Waals surface area contributed by atoms with Crippen molar-refractivity contribution in [2.75, 3.05) is 12.3 Å². The first-order valence-electron chi connectivity index (χ1n) is 6.83. The molecule has 2 heterocycles. The van der Waals surface area contributed by atoms with Gasteiger partial charge in [-0.1, -0.05) is 6.08 Å². The zero-order chi connectivity index (χ0) is 15.8. The van der Waals surface area contributed by atoms with Crippen molar-refractivity contribution in [3.05, 3.63) is 35.4 Å². The first-order chi connectivity index (χ1) is 9.77. The Hall–Kier alpha value is -1.88. The van der Waals surface area contributed by atoms with E-state index in [2.05, 4.69) is 11.6 Å². The van der Waals surface area contributed by atoms with Crippen LogP contribution in [0.5, 0.6) is 0 Å². The highest BCUT2D eigenvalue weighted by molar-refractivity contribution is 7.21. The molecule has 1 amide bonds. The predicted octanol–water partition coefficient (Wildman–Crippen LogP) is 3.61. The van der Waals surface area contributed by atoms with Crippen molar-refractivity contribution in [3.63, 3.8) is 0 Å². The van der Waals surface area contributed by atoms with Crippen LogP contribution in [0, 0.1) is 6.92 Å². The number of pyridine rings is 1. The maximum Gasteiger partial charge on any atom is 0.266 e. The third-order valence-corrected chi connectivity index (χ3v) is 4.50. The van der Waals surface area contributed by atoms with Crippen LogP contribution in [0.15, 0.2) is 24.9 Å². The van der Waals surface area contributed by atoms with Gasteiger partial charge in [0.1, 0.15) is 9.71 Å². The number of thiophene rings is 1. The molecule has 0 atom stereocenters. The fraction of sp³-hybridized carbons (Fsp3) is 0.375. The molecule has 0 fully saturated rings. The van der Waals surface area contributed by atoms with Crippen molar-refractivity contribution >= 4 is 33.1 Å². The van der Waals surface area contributed by atoms with Gasteiger partial charge in [-0.05, 0) is 39.3 Å². The van der Waals surface area contributed by atoms with E-state index < -0.39 is 0 Å². The summed E-state index contributed by atoms with van der Waals surface area (Å²) in [6.45, 7) is 12.2. The minimum atomic E-state index is -0.295. The fourth-order valence-electron chi connectivity index (χ4n) is 2.28. The van der Waals surface area contributed by atoms with E-state index >= 15 is 0 Å². The molecule has 4 nitrogen and oxygen atoms in total. The number of nitrogens with zero attached hydrogens (tertiary/aromatic N) is 2. The van der Waals surface area contributed by atoms with Crippen molar-refractivity contribution in [1.29, 1.82) is 0 Å². The number of anilines is 1. The zero-order valence-electron chi connectivity index (χ0n) is 12.9. The van der Waals surface area contributed by atoms with E-state index in [4.69, 9.17) is 5.73 Å². The highest BCUT2D eigenvalue weighted by Gasteiger charge is 2.29. The number of hydrogen-bond donors (Lipinski definition) is 1. The lowest BCUT2D eigenvalue weighted by Crippen LogP contribution is -2.45. The Kier molecular flexibility index (Phi) is 4.05. The van der Waals surface area contributed by atoms with Gasteiger partial charge >= 0.3 is 0 Å². The molecule has 0 aliphatic carbocycles. The summed E-state index contributed by atoms with van der Waals surface area (Å²) in [4.78, 5) is 20.3. The number of carbonyl (C=O) groups is 1. The van der Waals surface area contributed by atoms with Crippen molar-refractivity contribution in [2.45, 2.75) is 33.2 Å². The molecule has 2 rings (SSSR count). The number of nitrogen functional groups attached to an aromatic ring is 1. The van der Waals surface area contributed by atoms with Crippen LogP contribution in [-0.4, -0.2) is 27.9 Å². The van der Waals surface area contributed by atoms with Crippen LogP contribution in [0.3, 0.4) is 0 Å². The van der Waals surface area contributed by atoms with Gasteiger partial charge in [-0.3, -0.25) is 4.79 Å². The third kappa shape index (κ3) is 2.78. The van der Waals surface area contributed by atoms with Crippen LogP contribution in [0.1, 0.15) is 36.0 Å². The second-order valence-corrected chi connectivity index (χ2v) is 7.03. The molecule has 21 heavy (non-hydrogen) atoms. The molecule has 0 aromatic carbocycles. The number of aryl methyl sites for hydroxylation is 1. The molecular weight excluding hydrogens is 282 g/mol. The van der Waals surface area contributed by atoms with Gasteiger partial charge in [-0.2, -0.15) is 0 Å². The zero-order valence-corrected chi connectivity index (χ0v) is 13.8. The molecular formula is C16H21N3OS. The molecule has 0 saturated heterocycles. The summed E-state index contributed by atoms with van der Waals surface area (Å²) in [5, 5.41) is 0.887. The molecule has 0 aliphatic rings. The van der Waals surface area contributed by atoms with Gasteiger partial charge in [0, 0.05) is 23.7 Å². The van der Waals surface area contributed by atoms with Gasteiger partial charge < -0.3 is 10.6 Å². The number of rotatable bonds is 3. The van der Waals surface area contributed by atoms with Crippen LogP contribution < -0.4 is 5.73 Å². The lowest BCUT2D eigenvalue weighted by molar-refractivity contribution is 0.0623. The van der Waals surface area contributed by atoms with Crippen LogP contribution >= 0.6 is 11.3 Å². The molecule has 2 aromatic heterocycles. The summed E-state index contributed by atoms with van der Waals surface area (Å²) in [5.41, 5.74) is 7.49. The Morgan fingerprint density at radius 2 is 2.19 bits per heavy atom. The van der Waals surface area contributed by atoms with E-state index in [9.17, 15) is 4.79 Å². The quantitative estimate of drug-likeness (QED) is 0.881. The molecule has 5 heteroatoms. The van der Waals surface area contributed by atoms with Crippen molar-refractivity contribution in [1.82, 2.24) is 9.88 Å². The number of amides is 1. The smallest absolute Gasteiger partial charge is 0.266 e. The van der Waals surface area contributed by atoms with E-state index in [1.54, 1.807) is 17.2 Å². The summed E-state index contributed by atoms with van der Waals surface area (Å²) in [5.74, 6) is -0.0673. The van der Waals surface area contributed by atoms with Crippen LogP contribution in [0.25, 0.3) is 10.2 Å². The molecule has 112 valence electrons. The lowest BCUT2D eigenvalue weighted by atomic mass is 10.1. The largest absolute Gasteiger partial charge is 0.397 e. The molecule has 0 spiro atoms. The van der Waals surface area contributed by atoms with Crippen LogP contribution in [-0.2, 0) is 0 Å². The average molecular weight is 303 g/mol. The summed E-state index contributed by atoms with van der Waals surface area (Å²) in [6, 6.07) is 1.91. The minimum Gasteiger partial charge on any atom is -0.397 e. The van der Waals surface area contributed by atoms with E-state index in [-0.39, 0.29) is 11.4 Å². The van der Waals surface area contributed by atoms with E-state index in [0.29, 0.717) is 17.1 Å². The van der Waals surface area contributed by atoms with Gasteiger partial charge in [0.05, 0.1) is 5.69 Å². The van der Waals surface area contributed by atoms with Crippen LogP contribution in [0.2, 0.25) is 0 Å². The molecule has 0 radical (unpaired) electrons. The number of fused-ring (bicyclic) bond motifs is 1. The van der Waals surface area contributed by atoms with E-state index in [1.165, 1.54) is 11.3 Å². The summed E-state index contributed by atoms with van der Waals surface area (Å²) in [7, 11) is 0. The SMILES string of the molecule is C=CCN(C(=O)c1sc2nccc(C)c2c1N)C(C)(C)C. The van der Waals surface area contributed by atoms with Gasteiger partial charge in [0.25, 0.3) is 5.91 Å².